The van der Waals surface area contributed by atoms with Crippen molar-refractivity contribution >= 4 is 5.91 Å². The highest BCUT2D eigenvalue weighted by Gasteiger charge is 2.44. The van der Waals surface area contributed by atoms with Crippen LogP contribution in [0.5, 0.6) is 0 Å². The molecule has 6 heteroatoms. The number of nitrogens with one attached hydrogen (secondary N) is 2. The van der Waals surface area contributed by atoms with Crippen molar-refractivity contribution in [2.24, 2.45) is 0 Å². The lowest BCUT2D eigenvalue weighted by atomic mass is 9.71. The highest BCUT2D eigenvalue weighted by molar-refractivity contribution is 5.88. The molecule has 3 heterocycles. The highest BCUT2D eigenvalue weighted by Crippen LogP contribution is 2.37. The molecule has 3 aliphatic heterocycles. The topological polar surface area (TPSA) is 56.8 Å². The monoisotopic (exact) mass is 386 g/mol. The first-order valence-corrected chi connectivity index (χ1v) is 10.9. The molecule has 2 atom stereocenters. The van der Waals surface area contributed by atoms with Gasteiger partial charge < -0.3 is 10.1 Å². The van der Waals surface area contributed by atoms with Gasteiger partial charge in [-0.2, -0.15) is 0 Å². The molecule has 4 rings (SSSR count). The lowest BCUT2D eigenvalue weighted by Gasteiger charge is -2.45. The molecule has 3 saturated heterocycles. The summed E-state index contributed by atoms with van der Waals surface area (Å²) >= 11 is 0. The molecule has 0 aliphatic carbocycles. The first kappa shape index (κ1) is 19.8. The Morgan fingerprint density at radius 3 is 2.54 bits per heavy atom. The van der Waals surface area contributed by atoms with Crippen LogP contribution in [0.1, 0.15) is 38.2 Å². The SMILES string of the molecule is CC(C1CNCCO1)N1CCC(C(=O)NN2CCCC2)(c2ccccc2)CC1. The second-order valence-electron chi connectivity index (χ2n) is 8.47. The molecular formula is C22H34N4O2. The first-order valence-electron chi connectivity index (χ1n) is 10.9. The quantitative estimate of drug-likeness (QED) is 0.804. The van der Waals surface area contributed by atoms with Crippen LogP contribution < -0.4 is 10.7 Å². The zero-order chi connectivity index (χ0) is 19.4. The van der Waals surface area contributed by atoms with Crippen molar-refractivity contribution in [1.82, 2.24) is 20.7 Å². The van der Waals surface area contributed by atoms with Crippen LogP contribution in [0, 0.1) is 0 Å². The molecule has 2 N–H and O–H groups in total. The minimum atomic E-state index is -0.439. The maximum Gasteiger partial charge on any atom is 0.245 e. The van der Waals surface area contributed by atoms with Crippen molar-refractivity contribution in [2.75, 3.05) is 45.9 Å². The summed E-state index contributed by atoms with van der Waals surface area (Å²) in [6.45, 7) is 8.67. The van der Waals surface area contributed by atoms with Gasteiger partial charge in [0.1, 0.15) is 0 Å². The normalized spacial score (nSPS) is 27.4. The fourth-order valence-electron chi connectivity index (χ4n) is 4.93. The third kappa shape index (κ3) is 4.10. The Balaban J connectivity index is 1.47. The van der Waals surface area contributed by atoms with Crippen LogP contribution >= 0.6 is 0 Å². The van der Waals surface area contributed by atoms with Crippen LogP contribution in [-0.4, -0.2) is 73.8 Å². The van der Waals surface area contributed by atoms with Crippen LogP contribution in [0.3, 0.4) is 0 Å². The van der Waals surface area contributed by atoms with Crippen LogP contribution in [0.2, 0.25) is 0 Å². The van der Waals surface area contributed by atoms with E-state index in [1.54, 1.807) is 0 Å². The Hall–Kier alpha value is -1.47. The summed E-state index contributed by atoms with van der Waals surface area (Å²) in [5, 5.41) is 5.53. The number of likely N-dealkylation sites (tertiary alicyclic amines) is 1. The van der Waals surface area contributed by atoms with Gasteiger partial charge in [0.15, 0.2) is 0 Å². The fraction of sp³-hybridized carbons (Fsp3) is 0.682. The Morgan fingerprint density at radius 1 is 1.18 bits per heavy atom. The summed E-state index contributed by atoms with van der Waals surface area (Å²) in [5.41, 5.74) is 3.95. The molecule has 0 aromatic heterocycles. The lowest BCUT2D eigenvalue weighted by molar-refractivity contribution is -0.134. The van der Waals surface area contributed by atoms with Crippen molar-refractivity contribution in [2.45, 2.75) is 50.2 Å². The number of amides is 1. The van der Waals surface area contributed by atoms with Gasteiger partial charge in [0.25, 0.3) is 0 Å². The van der Waals surface area contributed by atoms with E-state index in [-0.39, 0.29) is 12.0 Å². The average Bonchev–Trinajstić information content (AvgIpc) is 3.27. The van der Waals surface area contributed by atoms with E-state index in [0.29, 0.717) is 6.04 Å². The molecule has 154 valence electrons. The van der Waals surface area contributed by atoms with Gasteiger partial charge in [0.05, 0.1) is 18.1 Å². The van der Waals surface area contributed by atoms with Crippen molar-refractivity contribution in [3.05, 3.63) is 35.9 Å². The minimum Gasteiger partial charge on any atom is -0.374 e. The van der Waals surface area contributed by atoms with E-state index in [2.05, 4.69) is 51.8 Å². The number of morpholine rings is 1. The second-order valence-corrected chi connectivity index (χ2v) is 8.47. The van der Waals surface area contributed by atoms with E-state index in [1.165, 1.54) is 12.8 Å². The van der Waals surface area contributed by atoms with E-state index in [0.717, 1.165) is 64.3 Å². The van der Waals surface area contributed by atoms with Gasteiger partial charge in [0.2, 0.25) is 5.91 Å². The third-order valence-corrected chi connectivity index (χ3v) is 6.85. The molecule has 0 spiro atoms. The maximum absolute atomic E-state index is 13.4. The first-order chi connectivity index (χ1) is 13.7. The number of hydrogen-bond acceptors (Lipinski definition) is 5. The molecule has 1 amide bonds. The maximum atomic E-state index is 13.4. The third-order valence-electron chi connectivity index (χ3n) is 6.85. The van der Waals surface area contributed by atoms with Crippen molar-refractivity contribution in [3.8, 4) is 0 Å². The molecule has 0 bridgehead atoms. The summed E-state index contributed by atoms with van der Waals surface area (Å²) in [7, 11) is 0. The van der Waals surface area contributed by atoms with Gasteiger partial charge in [-0.25, -0.2) is 5.01 Å². The standard InChI is InChI=1S/C22H34N4O2/c1-18(20-17-23-11-16-28-20)25-14-9-22(10-15-25,19-7-3-2-4-8-19)21(27)24-26-12-5-6-13-26/h2-4,7-8,18,20,23H,5-6,9-17H2,1H3,(H,24,27). The average molecular weight is 387 g/mol. The minimum absolute atomic E-state index is 0.170. The molecular weight excluding hydrogens is 352 g/mol. The number of hydrazine groups is 1. The van der Waals surface area contributed by atoms with Crippen molar-refractivity contribution in [3.63, 3.8) is 0 Å². The van der Waals surface area contributed by atoms with Gasteiger partial charge >= 0.3 is 0 Å². The highest BCUT2D eigenvalue weighted by atomic mass is 16.5. The molecule has 1 aromatic carbocycles. The summed E-state index contributed by atoms with van der Waals surface area (Å²) in [6.07, 6.45) is 4.26. The largest absolute Gasteiger partial charge is 0.374 e. The number of benzene rings is 1. The summed E-state index contributed by atoms with van der Waals surface area (Å²) in [4.78, 5) is 16.0. The number of hydrogen-bond donors (Lipinski definition) is 2. The molecule has 3 aliphatic rings. The van der Waals surface area contributed by atoms with Crippen molar-refractivity contribution in [1.29, 1.82) is 0 Å². The van der Waals surface area contributed by atoms with Crippen LogP contribution in [0.25, 0.3) is 0 Å². The fourth-order valence-corrected chi connectivity index (χ4v) is 4.93. The molecule has 28 heavy (non-hydrogen) atoms. The van der Waals surface area contributed by atoms with Gasteiger partial charge in [-0.1, -0.05) is 30.3 Å². The smallest absolute Gasteiger partial charge is 0.245 e. The number of carbonyl (C=O) groups is 1. The van der Waals surface area contributed by atoms with E-state index in [9.17, 15) is 4.79 Å². The van der Waals surface area contributed by atoms with Gasteiger partial charge in [-0.3, -0.25) is 15.1 Å². The van der Waals surface area contributed by atoms with Gasteiger partial charge in [-0.05, 0) is 51.3 Å². The molecule has 3 fully saturated rings. The summed E-state index contributed by atoms with van der Waals surface area (Å²) in [5.74, 6) is 0.170. The molecule has 0 radical (unpaired) electrons. The van der Waals surface area contributed by atoms with Crippen LogP contribution in [-0.2, 0) is 14.9 Å². The van der Waals surface area contributed by atoms with E-state index < -0.39 is 5.41 Å². The number of nitrogens with zero attached hydrogens (tertiary/aromatic N) is 2. The van der Waals surface area contributed by atoms with Crippen LogP contribution in [0.4, 0.5) is 0 Å². The number of rotatable bonds is 5. The number of carbonyl (C=O) groups excluding carboxylic acids is 1. The zero-order valence-corrected chi connectivity index (χ0v) is 17.0. The number of ether oxygens (including phenoxy) is 1. The molecule has 0 saturated carbocycles. The van der Waals surface area contributed by atoms with Gasteiger partial charge in [0, 0.05) is 32.2 Å². The number of piperidine rings is 1. The molecule has 2 unspecified atom stereocenters. The molecule has 1 aromatic rings. The molecule has 6 nitrogen and oxygen atoms in total. The van der Waals surface area contributed by atoms with E-state index in [1.807, 2.05) is 6.07 Å². The van der Waals surface area contributed by atoms with Crippen LogP contribution in [0.15, 0.2) is 30.3 Å². The zero-order valence-electron chi connectivity index (χ0n) is 17.0. The Bertz CT molecular complexity index is 633. The van der Waals surface area contributed by atoms with E-state index >= 15 is 0 Å². The van der Waals surface area contributed by atoms with E-state index in [4.69, 9.17) is 4.74 Å². The Kier molecular flexibility index (Phi) is 6.31. The predicted octanol–water partition coefficient (Wildman–Crippen LogP) is 1.52. The van der Waals surface area contributed by atoms with Crippen molar-refractivity contribution < 1.29 is 9.53 Å². The predicted molar refractivity (Wildman–Crippen MR) is 110 cm³/mol. The summed E-state index contributed by atoms with van der Waals surface area (Å²) in [6, 6.07) is 10.7. The van der Waals surface area contributed by atoms with Gasteiger partial charge in [-0.15, -0.1) is 0 Å². The second kappa shape index (κ2) is 8.91. The Morgan fingerprint density at radius 2 is 1.89 bits per heavy atom. The lowest BCUT2D eigenvalue weighted by Crippen LogP contribution is -2.58. The Labute approximate surface area is 168 Å². The summed E-state index contributed by atoms with van der Waals surface area (Å²) < 4.78 is 5.98.